The van der Waals surface area contributed by atoms with Crippen LogP contribution in [-0.2, 0) is 21.2 Å². The molecule has 2 aromatic rings. The highest BCUT2D eigenvalue weighted by molar-refractivity contribution is 7.90. The summed E-state index contributed by atoms with van der Waals surface area (Å²) in [7, 11) is -3.28. The molecule has 5 nitrogen and oxygen atoms in total. The third kappa shape index (κ3) is 4.56. The molecule has 2 rings (SSSR count). The third-order valence-electron chi connectivity index (χ3n) is 3.15. The lowest BCUT2D eigenvalue weighted by Gasteiger charge is -2.10. The SMILES string of the molecule is CCOc1ccccc1COC(=O)c1ccc(S(C)(=O)=O)cc1. The Morgan fingerprint density at radius 2 is 1.70 bits per heavy atom. The summed E-state index contributed by atoms with van der Waals surface area (Å²) in [6.07, 6.45) is 1.12. The molecule has 0 spiro atoms. The van der Waals surface area contributed by atoms with Crippen molar-refractivity contribution < 1.29 is 22.7 Å². The van der Waals surface area contributed by atoms with Crippen LogP contribution in [0.4, 0.5) is 0 Å². The standard InChI is InChI=1S/C17H18O5S/c1-3-21-16-7-5-4-6-14(16)12-22-17(18)13-8-10-15(11-9-13)23(2,19)20/h4-11H,3,12H2,1-2H3. The molecule has 23 heavy (non-hydrogen) atoms. The van der Waals surface area contributed by atoms with Crippen LogP contribution < -0.4 is 4.74 Å². The average Bonchev–Trinajstić information content (AvgIpc) is 2.53. The van der Waals surface area contributed by atoms with Gasteiger partial charge in [0.15, 0.2) is 9.84 Å². The number of hydrogen-bond donors (Lipinski definition) is 0. The number of hydrogen-bond acceptors (Lipinski definition) is 5. The van der Waals surface area contributed by atoms with Crippen LogP contribution in [0.3, 0.4) is 0 Å². The van der Waals surface area contributed by atoms with Crippen molar-refractivity contribution in [3.05, 3.63) is 59.7 Å². The minimum atomic E-state index is -3.28. The Hall–Kier alpha value is -2.34. The summed E-state index contributed by atoms with van der Waals surface area (Å²) >= 11 is 0. The van der Waals surface area contributed by atoms with Crippen molar-refractivity contribution in [1.29, 1.82) is 0 Å². The van der Waals surface area contributed by atoms with Crippen LogP contribution in [0.5, 0.6) is 5.75 Å². The highest BCUT2D eigenvalue weighted by atomic mass is 32.2. The van der Waals surface area contributed by atoms with Gasteiger partial charge in [0, 0.05) is 11.8 Å². The van der Waals surface area contributed by atoms with Gasteiger partial charge in [-0.2, -0.15) is 0 Å². The summed E-state index contributed by atoms with van der Waals surface area (Å²) in [5, 5.41) is 0. The fourth-order valence-corrected chi connectivity index (χ4v) is 2.61. The number of carbonyl (C=O) groups is 1. The molecule has 0 fully saturated rings. The minimum Gasteiger partial charge on any atom is -0.493 e. The van der Waals surface area contributed by atoms with Crippen LogP contribution in [0.25, 0.3) is 0 Å². The molecule has 0 radical (unpaired) electrons. The van der Waals surface area contributed by atoms with Gasteiger partial charge in [0.1, 0.15) is 12.4 Å². The normalized spacial score (nSPS) is 11.0. The maximum atomic E-state index is 12.0. The molecule has 0 aliphatic heterocycles. The summed E-state index contributed by atoms with van der Waals surface area (Å²) in [4.78, 5) is 12.2. The zero-order chi connectivity index (χ0) is 16.9. The smallest absolute Gasteiger partial charge is 0.338 e. The van der Waals surface area contributed by atoms with E-state index in [1.807, 2.05) is 31.2 Å². The number of sulfone groups is 1. The zero-order valence-electron chi connectivity index (χ0n) is 13.0. The lowest BCUT2D eigenvalue weighted by atomic mass is 10.2. The van der Waals surface area contributed by atoms with E-state index < -0.39 is 15.8 Å². The Balaban J connectivity index is 2.05. The van der Waals surface area contributed by atoms with E-state index in [1.54, 1.807) is 0 Å². The quantitative estimate of drug-likeness (QED) is 0.760. The molecule has 0 aromatic heterocycles. The van der Waals surface area contributed by atoms with Gasteiger partial charge in [0.2, 0.25) is 0 Å². The summed E-state index contributed by atoms with van der Waals surface area (Å²) < 4.78 is 33.5. The number of rotatable bonds is 6. The molecule has 0 saturated carbocycles. The predicted molar refractivity (Wildman–Crippen MR) is 86.3 cm³/mol. The van der Waals surface area contributed by atoms with Crippen LogP contribution in [0.1, 0.15) is 22.8 Å². The zero-order valence-corrected chi connectivity index (χ0v) is 13.8. The summed E-state index contributed by atoms with van der Waals surface area (Å²) in [5.74, 6) is 0.159. The second-order valence-corrected chi connectivity index (χ2v) is 6.93. The van der Waals surface area contributed by atoms with E-state index in [-0.39, 0.29) is 11.5 Å². The first kappa shape index (κ1) is 17.0. The Kier molecular flexibility index (Phi) is 5.39. The monoisotopic (exact) mass is 334 g/mol. The highest BCUT2D eigenvalue weighted by Crippen LogP contribution is 2.19. The van der Waals surface area contributed by atoms with Crippen LogP contribution in [0.15, 0.2) is 53.4 Å². The maximum Gasteiger partial charge on any atom is 0.338 e. The van der Waals surface area contributed by atoms with E-state index in [2.05, 4.69) is 0 Å². The van der Waals surface area contributed by atoms with Gasteiger partial charge in [-0.05, 0) is 37.3 Å². The summed E-state index contributed by atoms with van der Waals surface area (Å²) in [6, 6.07) is 13.0. The molecule has 0 bridgehead atoms. The summed E-state index contributed by atoms with van der Waals surface area (Å²) in [6.45, 7) is 2.49. The van der Waals surface area contributed by atoms with E-state index in [1.165, 1.54) is 24.3 Å². The van der Waals surface area contributed by atoms with Gasteiger partial charge in [-0.3, -0.25) is 0 Å². The van der Waals surface area contributed by atoms with E-state index in [0.717, 1.165) is 11.8 Å². The van der Waals surface area contributed by atoms with Gasteiger partial charge >= 0.3 is 5.97 Å². The largest absolute Gasteiger partial charge is 0.493 e. The fourth-order valence-electron chi connectivity index (χ4n) is 1.98. The number of ether oxygens (including phenoxy) is 2. The highest BCUT2D eigenvalue weighted by Gasteiger charge is 2.12. The van der Waals surface area contributed by atoms with Crippen LogP contribution in [-0.4, -0.2) is 27.2 Å². The first-order chi connectivity index (χ1) is 10.9. The molecule has 0 amide bonds. The first-order valence-corrected chi connectivity index (χ1v) is 8.99. The molecule has 6 heteroatoms. The van der Waals surface area contributed by atoms with Gasteiger partial charge in [-0.25, -0.2) is 13.2 Å². The van der Waals surface area contributed by atoms with Gasteiger partial charge in [-0.15, -0.1) is 0 Å². The number of para-hydroxylation sites is 1. The predicted octanol–water partition coefficient (Wildman–Crippen LogP) is 2.85. The molecule has 122 valence electrons. The minimum absolute atomic E-state index is 0.0861. The van der Waals surface area contributed by atoms with Crippen molar-refractivity contribution in [2.75, 3.05) is 12.9 Å². The Morgan fingerprint density at radius 3 is 2.30 bits per heavy atom. The van der Waals surface area contributed by atoms with Gasteiger partial charge < -0.3 is 9.47 Å². The lowest BCUT2D eigenvalue weighted by Crippen LogP contribution is -2.07. The molecule has 0 unspecified atom stereocenters. The van der Waals surface area contributed by atoms with E-state index in [0.29, 0.717) is 17.9 Å². The maximum absolute atomic E-state index is 12.0. The summed E-state index contributed by atoms with van der Waals surface area (Å²) in [5.41, 5.74) is 1.07. The van der Waals surface area contributed by atoms with E-state index in [9.17, 15) is 13.2 Å². The van der Waals surface area contributed by atoms with Crippen molar-refractivity contribution in [2.45, 2.75) is 18.4 Å². The topological polar surface area (TPSA) is 69.7 Å². The van der Waals surface area contributed by atoms with Crippen LogP contribution in [0, 0.1) is 0 Å². The second-order valence-electron chi connectivity index (χ2n) is 4.91. The van der Waals surface area contributed by atoms with Crippen molar-refractivity contribution >= 4 is 15.8 Å². The van der Waals surface area contributed by atoms with Gasteiger partial charge in [-0.1, -0.05) is 18.2 Å². The molecular formula is C17H18O5S. The molecule has 0 saturated heterocycles. The second kappa shape index (κ2) is 7.28. The molecule has 2 aromatic carbocycles. The van der Waals surface area contributed by atoms with Crippen LogP contribution in [0.2, 0.25) is 0 Å². The van der Waals surface area contributed by atoms with Crippen molar-refractivity contribution in [3.63, 3.8) is 0 Å². The number of carbonyl (C=O) groups excluding carboxylic acids is 1. The Morgan fingerprint density at radius 1 is 1.04 bits per heavy atom. The number of esters is 1. The van der Waals surface area contributed by atoms with Gasteiger partial charge in [0.05, 0.1) is 17.1 Å². The lowest BCUT2D eigenvalue weighted by molar-refractivity contribution is 0.0469. The molecule has 0 atom stereocenters. The molecule has 0 aliphatic rings. The fraction of sp³-hybridized carbons (Fsp3) is 0.235. The third-order valence-corrected chi connectivity index (χ3v) is 4.28. The van der Waals surface area contributed by atoms with Crippen molar-refractivity contribution in [3.8, 4) is 5.75 Å². The molecule has 0 N–H and O–H groups in total. The van der Waals surface area contributed by atoms with Crippen molar-refractivity contribution in [1.82, 2.24) is 0 Å². The molecule has 0 aliphatic carbocycles. The average molecular weight is 334 g/mol. The molecular weight excluding hydrogens is 316 g/mol. The van der Waals surface area contributed by atoms with E-state index >= 15 is 0 Å². The number of benzene rings is 2. The Labute approximate surface area is 135 Å². The first-order valence-electron chi connectivity index (χ1n) is 7.09. The van der Waals surface area contributed by atoms with Crippen LogP contribution >= 0.6 is 0 Å². The van der Waals surface area contributed by atoms with E-state index in [4.69, 9.17) is 9.47 Å². The van der Waals surface area contributed by atoms with Crippen molar-refractivity contribution in [2.24, 2.45) is 0 Å². The Bertz CT molecular complexity index is 779. The van der Waals surface area contributed by atoms with Gasteiger partial charge in [0.25, 0.3) is 0 Å². The molecule has 0 heterocycles.